The summed E-state index contributed by atoms with van der Waals surface area (Å²) < 4.78 is 1.59. The van der Waals surface area contributed by atoms with E-state index in [4.69, 9.17) is 0 Å². The molecule has 0 aliphatic carbocycles. The Labute approximate surface area is 132 Å². The van der Waals surface area contributed by atoms with Gasteiger partial charge >= 0.3 is 17.9 Å². The van der Waals surface area contributed by atoms with Crippen molar-refractivity contribution < 1.29 is 19.4 Å². The average Bonchev–Trinajstić information content (AvgIpc) is 2.91. The summed E-state index contributed by atoms with van der Waals surface area (Å²) in [6.45, 7) is 1.76. The Morgan fingerprint density at radius 2 is 2.22 bits per heavy atom. The molecule has 1 amide bonds. The van der Waals surface area contributed by atoms with Gasteiger partial charge in [-0.05, 0) is 19.1 Å². The van der Waals surface area contributed by atoms with Crippen LogP contribution in [0.25, 0.3) is 0 Å². The quantitative estimate of drug-likeness (QED) is 0.323. The number of fused-ring (bicyclic) bond motifs is 1. The predicted molar refractivity (Wildman–Crippen MR) is 82.0 cm³/mol. The molecular weight excluding hydrogens is 296 g/mol. The molecule has 0 aromatic heterocycles. The van der Waals surface area contributed by atoms with E-state index in [-0.39, 0.29) is 12.3 Å². The van der Waals surface area contributed by atoms with Crippen molar-refractivity contribution in [2.45, 2.75) is 6.92 Å². The van der Waals surface area contributed by atoms with Gasteiger partial charge in [-0.15, -0.1) is 9.69 Å². The zero-order valence-electron chi connectivity index (χ0n) is 12.5. The molecule has 0 atom stereocenters. The van der Waals surface area contributed by atoms with Gasteiger partial charge in [-0.25, -0.2) is 5.43 Å². The first-order chi connectivity index (χ1) is 11.1. The van der Waals surface area contributed by atoms with Crippen molar-refractivity contribution in [1.29, 1.82) is 0 Å². The Balaban J connectivity index is 1.68. The van der Waals surface area contributed by atoms with Crippen LogP contribution in [0.15, 0.2) is 58.8 Å². The Morgan fingerprint density at radius 1 is 1.43 bits per heavy atom. The molecule has 8 heteroatoms. The van der Waals surface area contributed by atoms with Gasteiger partial charge in [0.2, 0.25) is 6.34 Å². The van der Waals surface area contributed by atoms with Crippen molar-refractivity contribution >= 4 is 18.5 Å². The summed E-state index contributed by atoms with van der Waals surface area (Å²) >= 11 is 0. The number of rotatable bonds is 3. The number of amides is 1. The summed E-state index contributed by atoms with van der Waals surface area (Å²) in [6, 6.07) is 9.38. The molecule has 116 valence electrons. The van der Waals surface area contributed by atoms with E-state index in [0.29, 0.717) is 5.82 Å². The van der Waals surface area contributed by atoms with E-state index in [1.165, 1.54) is 11.2 Å². The van der Waals surface area contributed by atoms with Crippen LogP contribution in [0.4, 0.5) is 0 Å². The number of hydrogen-bond donors (Lipinski definition) is 3. The molecule has 0 saturated carbocycles. The molecule has 0 spiro atoms. The Kier molecular flexibility index (Phi) is 3.90. The third kappa shape index (κ3) is 3.28. The normalized spacial score (nSPS) is 15.6. The van der Waals surface area contributed by atoms with Crippen molar-refractivity contribution in [2.75, 3.05) is 6.54 Å². The summed E-state index contributed by atoms with van der Waals surface area (Å²) in [5, 5.41) is 15.1. The molecule has 0 fully saturated rings. The second-order valence-electron chi connectivity index (χ2n) is 5.01. The maximum atomic E-state index is 11.9. The number of carbonyl (C=O) groups excluding carboxylic acids is 1. The number of nitrogens with one attached hydrogen (secondary N) is 2. The molecular formula is C15H16N6O2+2. The lowest BCUT2D eigenvalue weighted by Gasteiger charge is -2.16. The molecule has 0 bridgehead atoms. The SMILES string of the molecule is CC1=CC(O)=C2N(CC(=O)N=[N+]=Cc3ccccc3)NC=[N+]2N1. The lowest BCUT2D eigenvalue weighted by atomic mass is 10.2. The van der Waals surface area contributed by atoms with Crippen LogP contribution in [0.1, 0.15) is 12.5 Å². The van der Waals surface area contributed by atoms with E-state index in [1.807, 2.05) is 37.3 Å². The highest BCUT2D eigenvalue weighted by molar-refractivity contribution is 5.79. The number of carbonyl (C=O) groups is 1. The fraction of sp³-hybridized carbons (Fsp3) is 0.133. The number of aliphatic hydroxyl groups is 1. The number of allylic oxidation sites excluding steroid dienone is 2. The first-order valence-electron chi connectivity index (χ1n) is 7.00. The molecule has 3 N–H and O–H groups in total. The molecule has 2 heterocycles. The standard InChI is InChI=1S/C15H14N6O2/c1-11-7-13(22)15-20(17-10-21(15)19-11)9-14(23)18-16-8-12-5-3-2-4-6-12/h2-8,10,19H,9H2,1H3/p+2. The van der Waals surface area contributed by atoms with E-state index in [1.54, 1.807) is 17.1 Å². The van der Waals surface area contributed by atoms with Gasteiger partial charge in [-0.3, -0.25) is 4.79 Å². The fourth-order valence-corrected chi connectivity index (χ4v) is 2.21. The maximum Gasteiger partial charge on any atom is 0.363 e. The number of aliphatic hydroxyl groups excluding tert-OH is 1. The van der Waals surface area contributed by atoms with Gasteiger partial charge < -0.3 is 5.11 Å². The van der Waals surface area contributed by atoms with Crippen LogP contribution in [0, 0.1) is 0 Å². The third-order valence-electron chi connectivity index (χ3n) is 3.17. The highest BCUT2D eigenvalue weighted by atomic mass is 16.3. The van der Waals surface area contributed by atoms with Crippen molar-refractivity contribution in [2.24, 2.45) is 5.11 Å². The summed E-state index contributed by atoms with van der Waals surface area (Å²) in [6.07, 6.45) is 4.69. The molecule has 1 aromatic rings. The van der Waals surface area contributed by atoms with Gasteiger partial charge in [-0.2, -0.15) is 5.43 Å². The fourth-order valence-electron chi connectivity index (χ4n) is 2.21. The van der Waals surface area contributed by atoms with E-state index in [9.17, 15) is 9.90 Å². The molecule has 1 aromatic carbocycles. The minimum Gasteiger partial charge on any atom is -0.502 e. The van der Waals surface area contributed by atoms with Crippen LogP contribution in [-0.4, -0.2) is 44.6 Å². The van der Waals surface area contributed by atoms with Crippen LogP contribution in [0.5, 0.6) is 0 Å². The van der Waals surface area contributed by atoms with Crippen LogP contribution in [0.3, 0.4) is 0 Å². The maximum absolute atomic E-state index is 11.9. The van der Waals surface area contributed by atoms with E-state index in [0.717, 1.165) is 11.3 Å². The summed E-state index contributed by atoms with van der Waals surface area (Å²) in [5.74, 6) is 0.0563. The van der Waals surface area contributed by atoms with Crippen LogP contribution in [0.2, 0.25) is 0 Å². The lowest BCUT2D eigenvalue weighted by Crippen LogP contribution is -2.38. The smallest absolute Gasteiger partial charge is 0.363 e. The summed E-state index contributed by atoms with van der Waals surface area (Å²) in [5.41, 5.74) is 7.55. The predicted octanol–water partition coefficient (Wildman–Crippen LogP) is 0.303. The van der Waals surface area contributed by atoms with Crippen LogP contribution in [-0.2, 0) is 4.79 Å². The second-order valence-corrected chi connectivity index (χ2v) is 5.01. The first-order valence-corrected chi connectivity index (χ1v) is 7.00. The van der Waals surface area contributed by atoms with Gasteiger partial charge in [0.1, 0.15) is 0 Å². The monoisotopic (exact) mass is 312 g/mol. The van der Waals surface area contributed by atoms with Crippen molar-refractivity contribution in [1.82, 2.24) is 15.9 Å². The zero-order valence-corrected chi connectivity index (χ0v) is 12.5. The van der Waals surface area contributed by atoms with Gasteiger partial charge in [-0.1, -0.05) is 18.2 Å². The molecule has 2 aliphatic rings. The molecule has 0 unspecified atom stereocenters. The van der Waals surface area contributed by atoms with Gasteiger partial charge in [0.05, 0.1) is 10.4 Å². The highest BCUT2D eigenvalue weighted by Gasteiger charge is 2.36. The minimum absolute atomic E-state index is 0.0584. The average molecular weight is 312 g/mol. The molecule has 0 saturated heterocycles. The number of hydrogen-bond acceptors (Lipinski definition) is 5. The Morgan fingerprint density at radius 3 is 3.00 bits per heavy atom. The number of hydrazine groups is 2. The summed E-state index contributed by atoms with van der Waals surface area (Å²) in [7, 11) is 0. The molecule has 8 nitrogen and oxygen atoms in total. The van der Waals surface area contributed by atoms with Crippen molar-refractivity contribution in [3.8, 4) is 0 Å². The number of hydrazone groups is 1. The van der Waals surface area contributed by atoms with Gasteiger partial charge in [0.15, 0.2) is 17.4 Å². The second kappa shape index (κ2) is 6.17. The molecule has 23 heavy (non-hydrogen) atoms. The molecule has 2 aliphatic heterocycles. The number of benzene rings is 1. The first kappa shape index (κ1) is 14.6. The van der Waals surface area contributed by atoms with Crippen LogP contribution >= 0.6 is 0 Å². The minimum atomic E-state index is -0.438. The van der Waals surface area contributed by atoms with E-state index < -0.39 is 5.91 Å². The zero-order chi connectivity index (χ0) is 16.2. The summed E-state index contributed by atoms with van der Waals surface area (Å²) in [4.78, 5) is 15.7. The lowest BCUT2D eigenvalue weighted by molar-refractivity contribution is -0.537. The van der Waals surface area contributed by atoms with Gasteiger partial charge in [0.25, 0.3) is 0 Å². The molecule has 3 rings (SSSR count). The van der Waals surface area contributed by atoms with E-state index >= 15 is 0 Å². The highest BCUT2D eigenvalue weighted by Crippen LogP contribution is 2.16. The van der Waals surface area contributed by atoms with Crippen LogP contribution < -0.4 is 10.9 Å². The van der Waals surface area contributed by atoms with Crippen molar-refractivity contribution in [3.05, 3.63) is 59.2 Å². The number of nitrogens with zero attached hydrogens (tertiary/aromatic N) is 4. The Hall–Kier alpha value is -3.38. The Bertz CT molecular complexity index is 787. The topological polar surface area (TPSA) is 94.1 Å². The molecule has 0 radical (unpaired) electrons. The largest absolute Gasteiger partial charge is 0.502 e. The third-order valence-corrected chi connectivity index (χ3v) is 3.17. The van der Waals surface area contributed by atoms with Gasteiger partial charge in [0, 0.05) is 11.8 Å². The van der Waals surface area contributed by atoms with E-state index in [2.05, 4.69) is 20.8 Å². The van der Waals surface area contributed by atoms with Crippen molar-refractivity contribution in [3.63, 3.8) is 0 Å².